The number of nitrogens with zero attached hydrogens (tertiary/aromatic N) is 12. The number of aliphatic hydroxyl groups excluding tert-OH is 3. The summed E-state index contributed by atoms with van der Waals surface area (Å²) in [6, 6.07) is 13.5. The SMILES string of the molecule is C.NCCOCCO.O=S(=O)([O-])CCNc1nc(Cl)nc(Nc2ccc(C=Cc3ccc(Nc4nc(Cl)nc(NCCS(=O)(=O)[O-])n4)cc3S(=O)(=O)[O-])c(S(=O)(=O)[O-])c2)n1.O=S(=O)([O-])CCNc1nc(NCCOCCO)nc(Nc2ccc(C=Cc3ccc(Nc4nc(NCCOCCO)nc(NCCS(=O)(=O)[O-])n4)cc3S(=O)(=O)[O-])c(S(=O)(=O)[O-])c2)n1.[Na+].[Na+].[Na+].[Na+].[Na+].[Na+].[Na+].[Na+]. The molecule has 0 aliphatic heterocycles. The van der Waals surface area contributed by atoms with Crippen molar-refractivity contribution in [3.05, 3.63) is 106 Å². The minimum absolute atomic E-state index is 0. The van der Waals surface area contributed by atoms with Gasteiger partial charge < -0.3 is 125 Å². The minimum Gasteiger partial charge on any atom is -0.748 e. The molecular formula is C61H75Cl2N23Na8O30S8. The molecule has 8 rings (SSSR count). The Morgan fingerprint density at radius 3 is 0.689 bits per heavy atom. The van der Waals surface area contributed by atoms with Gasteiger partial charge in [0.2, 0.25) is 70.1 Å². The maximum atomic E-state index is 12.4. The molecule has 71 heteroatoms. The number of halogens is 2. The fraction of sp³-hybridized carbons (Fsp3) is 0.344. The van der Waals surface area contributed by atoms with Crippen LogP contribution in [0.4, 0.5) is 82.2 Å². The molecule has 0 atom stereocenters. The van der Waals surface area contributed by atoms with Crippen molar-refractivity contribution in [1.29, 1.82) is 0 Å². The maximum Gasteiger partial charge on any atom is 1.00 e. The van der Waals surface area contributed by atoms with E-state index in [1.54, 1.807) is 0 Å². The number of nitrogens with one attached hydrogen (secondary N) is 10. The zero-order valence-corrected chi connectivity index (χ0v) is 94.8. The number of benzene rings is 4. The Bertz CT molecular complexity index is 5680. The summed E-state index contributed by atoms with van der Waals surface area (Å²) in [7, 11) is -39.1. The maximum absolute atomic E-state index is 12.4. The Morgan fingerprint density at radius 1 is 0.295 bits per heavy atom. The molecule has 0 amide bonds. The molecule has 0 bridgehead atoms. The number of aromatic nitrogens is 12. The van der Waals surface area contributed by atoms with Crippen LogP contribution in [0.5, 0.6) is 0 Å². The van der Waals surface area contributed by atoms with Gasteiger partial charge in [0.1, 0.15) is 40.5 Å². The van der Waals surface area contributed by atoms with Crippen LogP contribution >= 0.6 is 23.2 Å². The third-order valence-corrected chi connectivity index (χ3v) is 20.8. The van der Waals surface area contributed by atoms with Crippen molar-refractivity contribution in [2.75, 3.05) is 181 Å². The van der Waals surface area contributed by atoms with E-state index in [1.807, 2.05) is 0 Å². The Hall–Kier alpha value is -2.02. The van der Waals surface area contributed by atoms with Crippen LogP contribution in [0.1, 0.15) is 29.7 Å². The van der Waals surface area contributed by atoms with E-state index in [-0.39, 0.29) is 444 Å². The zero-order chi connectivity index (χ0) is 91.0. The fourth-order valence-electron chi connectivity index (χ4n) is 9.10. The van der Waals surface area contributed by atoms with Crippen LogP contribution in [-0.4, -0.2) is 307 Å². The van der Waals surface area contributed by atoms with Crippen LogP contribution in [0, 0.1) is 0 Å². The Labute approximate surface area is 946 Å². The van der Waals surface area contributed by atoms with Crippen LogP contribution in [-0.2, 0) is 95.2 Å². The van der Waals surface area contributed by atoms with Crippen LogP contribution in [0.2, 0.25) is 10.6 Å². The molecule has 0 saturated carbocycles. The molecule has 0 radical (unpaired) electrons. The number of aliphatic hydroxyl groups is 3. The standard InChI is InChI=1S/C32H44N12O16S4.C24H24Cl2N10O12S4.C4H11NO2.CH4.8Na/c45-11-15-59-13-7-33-27-39-29(35-9-17-61(47,48)49)43-31(41-27)37-23-5-3-21(25(19-23)63(53,54)55)1-2-22-4-6-24(20-26(22)64(56,57)58)38-32-42-28(34-8-14-60-16-12-46)40-30(44-32)36-10-18-62(50,51)52;25-19-31-21(27-7-9-49(37,38)39)35-23(33-19)29-15-5-3-13(17(11-15)51(43,44)45)1-2-14-4-6-16(12-18(14)52(46,47)48)30-24-34-20(26)32-22(36-24)28-8-10-50(40,41)42;5-1-3-7-4-2-6;;;;;;;;;/h1-6,19-20,45-46H,7-18H2,(H,47,48,49)(H,50,51,52)(H,53,54,55)(H,56,57,58)(H3,33,35,37,39,41,43)(H3,34,36,38,40,42,44);1-6,11-12H,7-10H2,(H,37,38,39)(H,40,41,42)(H,43,44,45)(H,46,47,48)(H2,27,29,31,33,35)(H2,28,30,32,34,36);6H,1-5H2;1H4;;;;;;;;/q;;;;8*+1/p-8. The first-order valence-electron chi connectivity index (χ1n) is 34.2. The average molecular weight is 2120 g/mol. The number of hydrogen-bond donors (Lipinski definition) is 14. The summed E-state index contributed by atoms with van der Waals surface area (Å²) >= 11 is 11.7. The van der Waals surface area contributed by atoms with Crippen molar-refractivity contribution >= 4 is 211 Å². The predicted octanol–water partition coefficient (Wildman–Crippen LogP) is -25.4. The summed E-state index contributed by atoms with van der Waals surface area (Å²) in [4.78, 5) is 44.3. The van der Waals surface area contributed by atoms with Gasteiger partial charge in [0.25, 0.3) is 0 Å². The van der Waals surface area contributed by atoms with Crippen molar-refractivity contribution in [3.63, 3.8) is 0 Å². The van der Waals surface area contributed by atoms with Crippen molar-refractivity contribution in [2.24, 2.45) is 5.73 Å². The first-order chi connectivity index (χ1) is 57.6. The molecule has 4 aromatic carbocycles. The van der Waals surface area contributed by atoms with Gasteiger partial charge in [-0.1, -0.05) is 56.0 Å². The molecule has 684 valence electrons. The van der Waals surface area contributed by atoms with Gasteiger partial charge in [-0.25, -0.2) is 67.3 Å². The fourth-order valence-corrected chi connectivity index (χ4v) is 13.6. The number of hydrogen-bond acceptors (Lipinski definition) is 53. The second-order valence-corrected chi connectivity index (χ2v) is 35.7. The smallest absolute Gasteiger partial charge is 0.748 e. The predicted molar refractivity (Wildman–Crippen MR) is 437 cm³/mol. The monoisotopic (exact) mass is 2120 g/mol. The molecule has 0 fully saturated rings. The second-order valence-electron chi connectivity index (χ2n) is 23.5. The van der Waals surface area contributed by atoms with Gasteiger partial charge in [-0.15, -0.1) is 0 Å². The van der Waals surface area contributed by atoms with E-state index >= 15 is 0 Å². The van der Waals surface area contributed by atoms with Gasteiger partial charge in [0.15, 0.2) is 0 Å². The van der Waals surface area contributed by atoms with E-state index in [2.05, 4.69) is 113 Å². The molecule has 15 N–H and O–H groups in total. The normalized spacial score (nSPS) is 11.4. The summed E-state index contributed by atoms with van der Waals surface area (Å²) in [5.41, 5.74) is 3.93. The molecule has 0 spiro atoms. The molecule has 4 heterocycles. The quantitative estimate of drug-likeness (QED) is 0.00729. The third kappa shape index (κ3) is 54.8. The topological polar surface area (TPSA) is 847 Å². The summed E-state index contributed by atoms with van der Waals surface area (Å²) < 4.78 is 294. The van der Waals surface area contributed by atoms with Crippen molar-refractivity contribution < 1.29 is 370 Å². The van der Waals surface area contributed by atoms with Crippen molar-refractivity contribution in [3.8, 4) is 0 Å². The van der Waals surface area contributed by atoms with Crippen molar-refractivity contribution in [1.82, 2.24) is 59.8 Å². The molecule has 0 unspecified atom stereocenters. The third-order valence-electron chi connectivity index (χ3n) is 14.1. The molecule has 132 heavy (non-hydrogen) atoms. The molecule has 8 aromatic rings. The summed E-state index contributed by atoms with van der Waals surface area (Å²) in [5, 5.41) is 51.4. The molecule has 0 saturated heterocycles. The molecule has 0 aliphatic carbocycles. The summed E-state index contributed by atoms with van der Waals surface area (Å²) in [5.74, 6) is -5.29. The van der Waals surface area contributed by atoms with Gasteiger partial charge in [-0.3, -0.25) is 0 Å². The van der Waals surface area contributed by atoms with E-state index in [9.17, 15) is 104 Å². The number of ether oxygens (including phenoxy) is 3. The van der Waals surface area contributed by atoms with Gasteiger partial charge in [-0.2, -0.15) is 59.8 Å². The van der Waals surface area contributed by atoms with E-state index < -0.39 is 124 Å². The average Bonchev–Trinajstić information content (AvgIpc) is 0.799. The zero-order valence-electron chi connectivity index (χ0n) is 70.7. The second kappa shape index (κ2) is 65.9. The van der Waals surface area contributed by atoms with Crippen LogP contribution in [0.3, 0.4) is 0 Å². The first kappa shape index (κ1) is 136. The van der Waals surface area contributed by atoms with Crippen LogP contribution in [0.15, 0.2) is 92.4 Å². The van der Waals surface area contributed by atoms with E-state index in [4.69, 9.17) is 58.5 Å². The Kier molecular flexibility index (Phi) is 68.1. The Balaban J connectivity index is -0.00000110. The molecular weight excluding hydrogens is 2050 g/mol. The van der Waals surface area contributed by atoms with Crippen LogP contribution in [0.25, 0.3) is 24.3 Å². The molecule has 53 nitrogen and oxygen atoms in total. The largest absolute Gasteiger partial charge is 1.00 e. The Morgan fingerprint density at radius 2 is 0.485 bits per heavy atom. The van der Waals surface area contributed by atoms with Gasteiger partial charge in [-0.05, 0) is 94.0 Å². The van der Waals surface area contributed by atoms with E-state index in [0.717, 1.165) is 60.7 Å². The van der Waals surface area contributed by atoms with Gasteiger partial charge >= 0.3 is 236 Å². The number of rotatable bonds is 48. The summed E-state index contributed by atoms with van der Waals surface area (Å²) in [6.07, 6.45) is 4.25. The van der Waals surface area contributed by atoms with Gasteiger partial charge in [0, 0.05) is 68.6 Å². The number of nitrogens with two attached hydrogens (primary N) is 1. The van der Waals surface area contributed by atoms with E-state index in [1.165, 1.54) is 36.4 Å². The minimum atomic E-state index is -5.24. The molecule has 0 aliphatic rings. The van der Waals surface area contributed by atoms with E-state index in [0.29, 0.717) is 19.8 Å². The van der Waals surface area contributed by atoms with Gasteiger partial charge in [0.05, 0.1) is 143 Å². The number of anilines is 14. The van der Waals surface area contributed by atoms with Crippen LogP contribution < -0.4 is 295 Å². The summed E-state index contributed by atoms with van der Waals surface area (Å²) in [6.45, 7) is 0.225. The first-order valence-corrected chi connectivity index (χ1v) is 46.9. The van der Waals surface area contributed by atoms with Crippen molar-refractivity contribution in [2.45, 2.75) is 27.0 Å². The molecule has 4 aromatic heterocycles.